The van der Waals surface area contributed by atoms with E-state index in [4.69, 9.17) is 9.47 Å². The molecule has 0 saturated heterocycles. The summed E-state index contributed by atoms with van der Waals surface area (Å²) in [6.45, 7) is 3.00. The van der Waals surface area contributed by atoms with Crippen molar-refractivity contribution in [2.24, 2.45) is 0 Å². The van der Waals surface area contributed by atoms with Gasteiger partial charge in [-0.1, -0.05) is 0 Å². The third kappa shape index (κ3) is 4.25. The molecule has 9 nitrogen and oxygen atoms in total. The number of carbonyl (C=O) groups excluding carboxylic acids is 2. The van der Waals surface area contributed by atoms with Crippen molar-refractivity contribution in [3.05, 3.63) is 39.4 Å². The maximum absolute atomic E-state index is 12.0. The van der Waals surface area contributed by atoms with E-state index in [1.165, 1.54) is 13.8 Å². The SMILES string of the molecule is CCOC(=O)C(C(=O)OCC)c1ccc([N+](=O)[O-])cc1C(=O)O. The van der Waals surface area contributed by atoms with Crippen LogP contribution in [0.15, 0.2) is 18.2 Å². The molecule has 0 fully saturated rings. The number of hydrogen-bond donors (Lipinski definition) is 1. The van der Waals surface area contributed by atoms with E-state index in [-0.39, 0.29) is 18.8 Å². The van der Waals surface area contributed by atoms with Gasteiger partial charge in [0, 0.05) is 12.1 Å². The van der Waals surface area contributed by atoms with Crippen LogP contribution >= 0.6 is 0 Å². The van der Waals surface area contributed by atoms with Crippen molar-refractivity contribution in [2.75, 3.05) is 13.2 Å². The molecule has 0 aliphatic rings. The molecule has 0 saturated carbocycles. The molecule has 0 bridgehead atoms. The van der Waals surface area contributed by atoms with Gasteiger partial charge in [0.05, 0.1) is 23.7 Å². The molecule has 0 amide bonds. The van der Waals surface area contributed by atoms with E-state index in [0.717, 1.165) is 18.2 Å². The molecule has 23 heavy (non-hydrogen) atoms. The van der Waals surface area contributed by atoms with Crippen LogP contribution in [0.25, 0.3) is 0 Å². The predicted molar refractivity (Wildman–Crippen MR) is 76.1 cm³/mol. The summed E-state index contributed by atoms with van der Waals surface area (Å²) in [6, 6.07) is 2.83. The number of ether oxygens (including phenoxy) is 2. The fraction of sp³-hybridized carbons (Fsp3) is 0.357. The first-order chi connectivity index (χ1) is 10.8. The number of rotatable bonds is 7. The average molecular weight is 325 g/mol. The van der Waals surface area contributed by atoms with Gasteiger partial charge < -0.3 is 14.6 Å². The third-order valence-electron chi connectivity index (χ3n) is 2.83. The van der Waals surface area contributed by atoms with Crippen LogP contribution in [-0.4, -0.2) is 41.2 Å². The van der Waals surface area contributed by atoms with Gasteiger partial charge in [-0.15, -0.1) is 0 Å². The van der Waals surface area contributed by atoms with E-state index in [0.29, 0.717) is 0 Å². The second-order valence-corrected chi connectivity index (χ2v) is 4.27. The molecule has 1 rings (SSSR count). The molecule has 1 aromatic rings. The molecular weight excluding hydrogens is 310 g/mol. The summed E-state index contributed by atoms with van der Waals surface area (Å²) in [5.41, 5.74) is -1.23. The summed E-state index contributed by atoms with van der Waals surface area (Å²) in [6.07, 6.45) is 0. The molecule has 1 N–H and O–H groups in total. The predicted octanol–water partition coefficient (Wildman–Crippen LogP) is 1.50. The van der Waals surface area contributed by atoms with Crippen LogP contribution in [0, 0.1) is 10.1 Å². The smallest absolute Gasteiger partial charge is 0.336 e. The number of carboxylic acid groups (broad SMARTS) is 1. The Labute approximate surface area is 131 Å². The molecule has 124 valence electrons. The highest BCUT2D eigenvalue weighted by molar-refractivity contribution is 6.04. The second-order valence-electron chi connectivity index (χ2n) is 4.27. The highest BCUT2D eigenvalue weighted by Gasteiger charge is 2.35. The molecule has 0 aliphatic carbocycles. The summed E-state index contributed by atoms with van der Waals surface area (Å²) in [5.74, 6) is -5.10. The largest absolute Gasteiger partial charge is 0.478 e. The van der Waals surface area contributed by atoms with Crippen molar-refractivity contribution in [3.8, 4) is 0 Å². The van der Waals surface area contributed by atoms with Crippen LogP contribution in [0.4, 0.5) is 5.69 Å². The average Bonchev–Trinajstić information content (AvgIpc) is 2.47. The van der Waals surface area contributed by atoms with Crippen molar-refractivity contribution in [1.82, 2.24) is 0 Å². The van der Waals surface area contributed by atoms with Crippen LogP contribution in [0.5, 0.6) is 0 Å². The number of hydrogen-bond acceptors (Lipinski definition) is 7. The monoisotopic (exact) mass is 325 g/mol. The lowest BCUT2D eigenvalue weighted by Gasteiger charge is -2.16. The maximum Gasteiger partial charge on any atom is 0.336 e. The van der Waals surface area contributed by atoms with E-state index in [9.17, 15) is 29.6 Å². The summed E-state index contributed by atoms with van der Waals surface area (Å²) >= 11 is 0. The van der Waals surface area contributed by atoms with Gasteiger partial charge in [0.25, 0.3) is 5.69 Å². The van der Waals surface area contributed by atoms with Gasteiger partial charge in [0.15, 0.2) is 5.92 Å². The number of nitrogens with zero attached hydrogens (tertiary/aromatic N) is 1. The molecule has 0 unspecified atom stereocenters. The summed E-state index contributed by atoms with van der Waals surface area (Å²) in [4.78, 5) is 45.3. The van der Waals surface area contributed by atoms with Crippen LogP contribution in [0.1, 0.15) is 35.7 Å². The molecule has 0 aliphatic heterocycles. The fourth-order valence-electron chi connectivity index (χ4n) is 1.90. The fourth-order valence-corrected chi connectivity index (χ4v) is 1.90. The van der Waals surface area contributed by atoms with E-state index in [1.807, 2.05) is 0 Å². The van der Waals surface area contributed by atoms with Crippen molar-refractivity contribution < 1.29 is 33.9 Å². The Morgan fingerprint density at radius 1 is 1.17 bits per heavy atom. The minimum Gasteiger partial charge on any atom is -0.478 e. The lowest BCUT2D eigenvalue weighted by molar-refractivity contribution is -0.384. The van der Waals surface area contributed by atoms with Crippen molar-refractivity contribution in [3.63, 3.8) is 0 Å². The van der Waals surface area contributed by atoms with Crippen molar-refractivity contribution in [1.29, 1.82) is 0 Å². The highest BCUT2D eigenvalue weighted by Crippen LogP contribution is 2.27. The molecule has 0 radical (unpaired) electrons. The Bertz CT molecular complexity index is 622. The minimum absolute atomic E-state index is 0.0237. The van der Waals surface area contributed by atoms with Crippen LogP contribution in [0.2, 0.25) is 0 Å². The Kier molecular flexibility index (Phi) is 6.19. The lowest BCUT2D eigenvalue weighted by Crippen LogP contribution is -2.28. The normalized spacial score (nSPS) is 10.2. The minimum atomic E-state index is -1.62. The summed E-state index contributed by atoms with van der Waals surface area (Å²) in [7, 11) is 0. The van der Waals surface area contributed by atoms with Gasteiger partial charge in [0.2, 0.25) is 0 Å². The van der Waals surface area contributed by atoms with E-state index < -0.39 is 40.0 Å². The summed E-state index contributed by atoms with van der Waals surface area (Å²) in [5, 5.41) is 20.0. The quantitative estimate of drug-likeness (QED) is 0.345. The van der Waals surface area contributed by atoms with Gasteiger partial charge in [0.1, 0.15) is 0 Å². The first-order valence-corrected chi connectivity index (χ1v) is 6.68. The topological polar surface area (TPSA) is 133 Å². The third-order valence-corrected chi connectivity index (χ3v) is 2.83. The van der Waals surface area contributed by atoms with E-state index >= 15 is 0 Å². The van der Waals surface area contributed by atoms with Gasteiger partial charge in [-0.25, -0.2) is 4.79 Å². The van der Waals surface area contributed by atoms with Crippen LogP contribution in [0.3, 0.4) is 0 Å². The molecule has 0 aromatic heterocycles. The number of nitro benzene ring substituents is 1. The Balaban J connectivity index is 3.45. The first-order valence-electron chi connectivity index (χ1n) is 6.68. The number of benzene rings is 1. The van der Waals surface area contributed by atoms with Gasteiger partial charge >= 0.3 is 17.9 Å². The molecular formula is C14H15NO8. The molecule has 9 heteroatoms. The van der Waals surface area contributed by atoms with Crippen molar-refractivity contribution >= 4 is 23.6 Å². The molecule has 0 atom stereocenters. The van der Waals surface area contributed by atoms with Crippen molar-refractivity contribution in [2.45, 2.75) is 19.8 Å². The Morgan fingerprint density at radius 2 is 1.70 bits per heavy atom. The van der Waals surface area contributed by atoms with Gasteiger partial charge in [-0.05, 0) is 25.5 Å². The number of esters is 2. The zero-order valence-electron chi connectivity index (χ0n) is 12.5. The lowest BCUT2D eigenvalue weighted by atomic mass is 9.93. The maximum atomic E-state index is 12.0. The van der Waals surface area contributed by atoms with Gasteiger partial charge in [-0.3, -0.25) is 19.7 Å². The number of carboxylic acids is 1. The molecule has 0 spiro atoms. The molecule has 1 aromatic carbocycles. The Morgan fingerprint density at radius 3 is 2.09 bits per heavy atom. The van der Waals surface area contributed by atoms with Gasteiger partial charge in [-0.2, -0.15) is 0 Å². The summed E-state index contributed by atoms with van der Waals surface area (Å²) < 4.78 is 9.54. The standard InChI is InChI=1S/C14H15NO8/c1-3-22-13(18)11(14(19)23-4-2)9-6-5-8(15(20)21)7-10(9)12(16)17/h5-7,11H,3-4H2,1-2H3,(H,16,17). The molecule has 0 heterocycles. The number of non-ortho nitro benzene ring substituents is 1. The van der Waals surface area contributed by atoms with E-state index in [1.54, 1.807) is 0 Å². The van der Waals surface area contributed by atoms with Crippen LogP contribution in [-0.2, 0) is 19.1 Å². The first kappa shape index (κ1) is 18.1. The highest BCUT2D eigenvalue weighted by atomic mass is 16.6. The number of nitro groups is 1. The van der Waals surface area contributed by atoms with Crippen LogP contribution < -0.4 is 0 Å². The zero-order chi connectivity index (χ0) is 17.6. The number of carbonyl (C=O) groups is 3. The second kappa shape index (κ2) is 7.87. The Hall–Kier alpha value is -2.97. The zero-order valence-corrected chi connectivity index (χ0v) is 12.5. The number of aromatic carboxylic acids is 1. The van der Waals surface area contributed by atoms with E-state index in [2.05, 4.69) is 0 Å².